The van der Waals surface area contributed by atoms with E-state index in [2.05, 4.69) is 5.32 Å². The van der Waals surface area contributed by atoms with E-state index in [1.807, 2.05) is 0 Å². The van der Waals surface area contributed by atoms with Gasteiger partial charge < -0.3 is 20.2 Å². The van der Waals surface area contributed by atoms with Crippen LogP contribution in [0.3, 0.4) is 0 Å². The molecule has 0 aliphatic heterocycles. The first-order valence-electron chi connectivity index (χ1n) is 8.09. The normalized spacial score (nSPS) is 13.0. The quantitative estimate of drug-likeness (QED) is 0.596. The number of amides is 2. The first-order valence-corrected chi connectivity index (χ1v) is 8.91. The molecule has 0 unspecified atom stereocenters. The topological polar surface area (TPSA) is 112 Å². The average molecular weight is 374 g/mol. The molecule has 1 aliphatic carbocycles. The molecule has 0 radical (unpaired) electrons. The highest BCUT2D eigenvalue weighted by Crippen LogP contribution is 2.38. The molecule has 2 aromatic rings. The van der Waals surface area contributed by atoms with Crippen LogP contribution in [0.4, 0.5) is 5.00 Å². The number of hydrogen-bond donors (Lipinski definition) is 2. The number of hydrogen-bond acceptors (Lipinski definition) is 6. The van der Waals surface area contributed by atoms with Crippen molar-refractivity contribution in [3.8, 4) is 0 Å². The van der Waals surface area contributed by atoms with E-state index < -0.39 is 24.4 Å². The molecule has 1 aliphatic rings. The molecule has 0 saturated heterocycles. The van der Waals surface area contributed by atoms with Gasteiger partial charge in [-0.15, -0.1) is 11.3 Å². The van der Waals surface area contributed by atoms with E-state index >= 15 is 0 Å². The second-order valence-corrected chi connectivity index (χ2v) is 6.97. The number of fused-ring (bicyclic) bond motifs is 1. The summed E-state index contributed by atoms with van der Waals surface area (Å²) in [6.45, 7) is 1.34. The zero-order valence-electron chi connectivity index (χ0n) is 14.2. The van der Waals surface area contributed by atoms with Crippen LogP contribution in [0.25, 0.3) is 6.08 Å². The summed E-state index contributed by atoms with van der Waals surface area (Å²) in [4.78, 5) is 36.4. The Hall–Kier alpha value is -2.87. The Labute approximate surface area is 153 Å². The van der Waals surface area contributed by atoms with E-state index in [0.717, 1.165) is 35.5 Å². The molecule has 2 amide bonds. The van der Waals surface area contributed by atoms with E-state index in [-0.39, 0.29) is 0 Å². The van der Waals surface area contributed by atoms with Crippen LogP contribution in [0.15, 0.2) is 22.6 Å². The highest BCUT2D eigenvalue weighted by molar-refractivity contribution is 7.17. The molecule has 3 N–H and O–H groups in total. The summed E-state index contributed by atoms with van der Waals surface area (Å²) in [5.41, 5.74) is 6.73. The second-order valence-electron chi connectivity index (χ2n) is 5.86. The van der Waals surface area contributed by atoms with Gasteiger partial charge in [-0.05, 0) is 50.0 Å². The molecule has 3 rings (SSSR count). The van der Waals surface area contributed by atoms with Crippen LogP contribution in [0, 0.1) is 6.92 Å². The lowest BCUT2D eigenvalue weighted by Crippen LogP contribution is -2.22. The van der Waals surface area contributed by atoms with Gasteiger partial charge in [0.2, 0.25) is 0 Å². The average Bonchev–Trinajstić information content (AvgIpc) is 3.26. The number of thiophene rings is 1. The zero-order valence-corrected chi connectivity index (χ0v) is 15.0. The Bertz CT molecular complexity index is 894. The summed E-state index contributed by atoms with van der Waals surface area (Å²) in [7, 11) is 0. The van der Waals surface area contributed by atoms with Crippen molar-refractivity contribution in [1.29, 1.82) is 0 Å². The maximum Gasteiger partial charge on any atom is 0.331 e. The number of carbonyl (C=O) groups is 3. The van der Waals surface area contributed by atoms with Crippen molar-refractivity contribution >= 4 is 40.2 Å². The number of nitrogens with two attached hydrogens (primary N) is 1. The minimum absolute atomic E-state index is 0.371. The molecule has 136 valence electrons. The third-order valence-electron chi connectivity index (χ3n) is 3.91. The zero-order chi connectivity index (χ0) is 18.7. The molecule has 0 bridgehead atoms. The van der Waals surface area contributed by atoms with Crippen LogP contribution in [-0.4, -0.2) is 24.4 Å². The summed E-state index contributed by atoms with van der Waals surface area (Å²) in [5, 5.41) is 3.03. The fourth-order valence-corrected chi connectivity index (χ4v) is 4.10. The number of carbonyl (C=O) groups excluding carboxylic acids is 3. The van der Waals surface area contributed by atoms with Gasteiger partial charge in [0.1, 0.15) is 16.5 Å². The van der Waals surface area contributed by atoms with Gasteiger partial charge in [0, 0.05) is 11.0 Å². The summed E-state index contributed by atoms with van der Waals surface area (Å²) in [6, 6.07) is 3.49. The molecular formula is C18H18N2O5S. The number of aryl methyl sites for hydroxylation is 2. The van der Waals surface area contributed by atoms with Gasteiger partial charge in [-0.1, -0.05) is 0 Å². The van der Waals surface area contributed by atoms with Crippen LogP contribution in [0.2, 0.25) is 0 Å². The Morgan fingerprint density at radius 1 is 1.35 bits per heavy atom. The Morgan fingerprint density at radius 2 is 2.15 bits per heavy atom. The Balaban J connectivity index is 1.55. The molecule has 2 heterocycles. The minimum atomic E-state index is -0.669. The van der Waals surface area contributed by atoms with Crippen molar-refractivity contribution in [3.63, 3.8) is 0 Å². The highest BCUT2D eigenvalue weighted by Gasteiger charge is 2.26. The molecule has 0 fully saturated rings. The Kier molecular flexibility index (Phi) is 5.22. The maximum atomic E-state index is 12.0. The van der Waals surface area contributed by atoms with Crippen LogP contribution in [0.5, 0.6) is 0 Å². The van der Waals surface area contributed by atoms with Gasteiger partial charge >= 0.3 is 5.97 Å². The van der Waals surface area contributed by atoms with Gasteiger partial charge in [-0.25, -0.2) is 4.79 Å². The smallest absolute Gasteiger partial charge is 0.331 e. The maximum absolute atomic E-state index is 12.0. The molecule has 26 heavy (non-hydrogen) atoms. The number of nitrogens with one attached hydrogen (secondary N) is 1. The summed E-state index contributed by atoms with van der Waals surface area (Å²) >= 11 is 1.35. The molecular weight excluding hydrogens is 356 g/mol. The first-order chi connectivity index (χ1) is 12.4. The number of ether oxygens (including phenoxy) is 1. The predicted molar refractivity (Wildman–Crippen MR) is 96.9 cm³/mol. The SMILES string of the molecule is Cc1ccc(C=CC(=O)OCC(=O)Nc2sc3c(c2C(N)=O)CCC3)o1. The largest absolute Gasteiger partial charge is 0.462 e. The minimum Gasteiger partial charge on any atom is -0.462 e. The molecule has 2 aromatic heterocycles. The number of furan rings is 1. The highest BCUT2D eigenvalue weighted by atomic mass is 32.1. The van der Waals surface area contributed by atoms with Crippen molar-refractivity contribution in [2.24, 2.45) is 5.73 Å². The van der Waals surface area contributed by atoms with Gasteiger partial charge in [0.05, 0.1) is 5.56 Å². The van der Waals surface area contributed by atoms with E-state index in [1.165, 1.54) is 23.5 Å². The number of primary amides is 1. The molecule has 0 aromatic carbocycles. The standard InChI is InChI=1S/C18H18N2O5S/c1-10-5-6-11(25-10)7-8-15(22)24-9-14(21)20-18-16(17(19)23)12-3-2-4-13(12)26-18/h5-8H,2-4,9H2,1H3,(H2,19,23)(H,20,21). The monoisotopic (exact) mass is 374 g/mol. The van der Waals surface area contributed by atoms with E-state index in [4.69, 9.17) is 14.9 Å². The third-order valence-corrected chi connectivity index (χ3v) is 5.12. The van der Waals surface area contributed by atoms with Crippen LogP contribution < -0.4 is 11.1 Å². The summed E-state index contributed by atoms with van der Waals surface area (Å²) < 4.78 is 10.2. The van der Waals surface area contributed by atoms with Crippen molar-refractivity contribution in [3.05, 3.63) is 45.7 Å². The first kappa shape index (κ1) is 17.9. The van der Waals surface area contributed by atoms with Gasteiger partial charge in [-0.2, -0.15) is 0 Å². The number of anilines is 1. The van der Waals surface area contributed by atoms with E-state index in [9.17, 15) is 14.4 Å². The van der Waals surface area contributed by atoms with Gasteiger partial charge in [0.15, 0.2) is 6.61 Å². The molecule has 0 atom stereocenters. The molecule has 0 spiro atoms. The fourth-order valence-electron chi connectivity index (χ4n) is 2.79. The van der Waals surface area contributed by atoms with Crippen molar-refractivity contribution in [2.75, 3.05) is 11.9 Å². The Morgan fingerprint density at radius 3 is 2.85 bits per heavy atom. The van der Waals surface area contributed by atoms with Crippen molar-refractivity contribution < 1.29 is 23.5 Å². The van der Waals surface area contributed by atoms with Crippen LogP contribution in [0.1, 0.15) is 38.7 Å². The van der Waals surface area contributed by atoms with Gasteiger partial charge in [0.25, 0.3) is 11.8 Å². The van der Waals surface area contributed by atoms with E-state index in [0.29, 0.717) is 16.3 Å². The fraction of sp³-hybridized carbons (Fsp3) is 0.278. The lowest BCUT2D eigenvalue weighted by Gasteiger charge is -2.06. The lowest BCUT2D eigenvalue weighted by atomic mass is 10.1. The van der Waals surface area contributed by atoms with Crippen LogP contribution >= 0.6 is 11.3 Å². The summed E-state index contributed by atoms with van der Waals surface area (Å²) in [6.07, 6.45) is 5.28. The molecule has 0 saturated carbocycles. The van der Waals surface area contributed by atoms with E-state index in [1.54, 1.807) is 19.1 Å². The summed E-state index contributed by atoms with van der Waals surface area (Å²) in [5.74, 6) is -0.511. The third kappa shape index (κ3) is 4.02. The molecule has 8 heteroatoms. The van der Waals surface area contributed by atoms with Crippen molar-refractivity contribution in [2.45, 2.75) is 26.2 Å². The second kappa shape index (κ2) is 7.57. The number of esters is 1. The number of rotatable bonds is 6. The predicted octanol–water partition coefficient (Wildman–Crippen LogP) is 2.43. The lowest BCUT2D eigenvalue weighted by molar-refractivity contribution is -0.142. The van der Waals surface area contributed by atoms with Crippen LogP contribution in [-0.2, 0) is 27.2 Å². The van der Waals surface area contributed by atoms with Gasteiger partial charge in [-0.3, -0.25) is 9.59 Å². The van der Waals surface area contributed by atoms with Crippen molar-refractivity contribution in [1.82, 2.24) is 0 Å². The molecule has 7 nitrogen and oxygen atoms in total.